The first-order valence-electron chi connectivity index (χ1n) is 12.5. The van der Waals surface area contributed by atoms with Gasteiger partial charge in [0.25, 0.3) is 5.91 Å². The van der Waals surface area contributed by atoms with Crippen LogP contribution in [0.2, 0.25) is 0 Å². The average Bonchev–Trinajstić information content (AvgIpc) is 3.15. The van der Waals surface area contributed by atoms with E-state index in [-0.39, 0.29) is 23.8 Å². The van der Waals surface area contributed by atoms with E-state index in [9.17, 15) is 9.59 Å². The third kappa shape index (κ3) is 6.59. The Morgan fingerprint density at radius 3 is 2.23 bits per heavy atom. The van der Waals surface area contributed by atoms with Crippen molar-refractivity contribution in [2.75, 3.05) is 5.32 Å². The van der Waals surface area contributed by atoms with E-state index in [1.54, 1.807) is 42.9 Å². The number of nitrogens with two attached hydrogens (primary N) is 1. The lowest BCUT2D eigenvalue weighted by molar-refractivity contribution is -0.119. The fourth-order valence-electron chi connectivity index (χ4n) is 4.84. The average molecular weight is 479 g/mol. The van der Waals surface area contributed by atoms with Gasteiger partial charge in [0.2, 0.25) is 5.91 Å². The topological polar surface area (TPSA) is 126 Å². The van der Waals surface area contributed by atoms with Crippen LogP contribution in [0.3, 0.4) is 0 Å². The monoisotopic (exact) mass is 478 g/mol. The summed E-state index contributed by atoms with van der Waals surface area (Å²) in [5, 5.41) is 18.3. The number of carbonyl (C=O) groups excluding carboxylic acids is 2. The highest BCUT2D eigenvalue weighted by molar-refractivity contribution is 6.21. The Morgan fingerprint density at radius 1 is 1.06 bits per heavy atom. The first-order chi connectivity index (χ1) is 16.7. The van der Waals surface area contributed by atoms with E-state index in [2.05, 4.69) is 15.7 Å². The fourth-order valence-corrected chi connectivity index (χ4v) is 4.84. The summed E-state index contributed by atoms with van der Waals surface area (Å²) in [5.41, 5.74) is 9.53. The van der Waals surface area contributed by atoms with E-state index in [0.29, 0.717) is 28.4 Å². The highest BCUT2D eigenvalue weighted by Gasteiger charge is 2.31. The van der Waals surface area contributed by atoms with Gasteiger partial charge in [-0.3, -0.25) is 14.3 Å². The summed E-state index contributed by atoms with van der Waals surface area (Å²) in [7, 11) is 0. The molecule has 2 amide bonds. The smallest absolute Gasteiger partial charge is 0.270 e. The Balaban J connectivity index is 1.81. The Morgan fingerprint density at radius 2 is 1.69 bits per heavy atom. The second-order valence-electron chi connectivity index (χ2n) is 9.71. The van der Waals surface area contributed by atoms with Gasteiger partial charge in [-0.25, -0.2) is 0 Å². The van der Waals surface area contributed by atoms with Crippen molar-refractivity contribution < 1.29 is 9.59 Å². The number of nitrogens with one attached hydrogen (secondary N) is 3. The molecule has 0 unspecified atom stereocenters. The summed E-state index contributed by atoms with van der Waals surface area (Å²) in [6.07, 6.45) is 7.84. The van der Waals surface area contributed by atoms with Crippen molar-refractivity contribution in [2.45, 2.75) is 78.3 Å². The molecule has 3 rings (SSSR count). The molecular weight excluding hydrogens is 440 g/mol. The standard InChI is InChI=1S/C27H38N6O2/c1-17(2)33-23(15-16-30-33)26(34)32-25(21-9-7-5-6-8-10-21)27(35)31-22-13-11-20(12-14-22)24(18(3)28)19(4)29/h11-17,21,25,28H,5-10,29H2,1-4H3,(H,31,35)(H,32,34)/b24-19+,28-18?/t25-/m0/s1. The SMILES string of the molecule is CC(=N)/C(=C(/C)N)c1ccc(NC(=O)[C@@H](NC(=O)c2ccnn2C(C)C)C2CCCCCC2)cc1. The first kappa shape index (κ1) is 26.2. The van der Waals surface area contributed by atoms with Crippen LogP contribution >= 0.6 is 0 Å². The van der Waals surface area contributed by atoms with E-state index in [0.717, 1.165) is 44.1 Å². The number of aromatic nitrogens is 2. The first-order valence-corrected chi connectivity index (χ1v) is 12.5. The van der Waals surface area contributed by atoms with Gasteiger partial charge in [-0.05, 0) is 70.2 Å². The molecule has 0 bridgehead atoms. The zero-order chi connectivity index (χ0) is 25.5. The van der Waals surface area contributed by atoms with Crippen molar-refractivity contribution in [3.8, 4) is 0 Å². The molecule has 1 aliphatic carbocycles. The Kier molecular flexibility index (Phi) is 8.84. The van der Waals surface area contributed by atoms with Crippen LogP contribution in [0.25, 0.3) is 5.57 Å². The van der Waals surface area contributed by atoms with Crippen LogP contribution in [0.15, 0.2) is 42.2 Å². The molecule has 1 fully saturated rings. The molecule has 8 nitrogen and oxygen atoms in total. The second-order valence-corrected chi connectivity index (χ2v) is 9.71. The maximum absolute atomic E-state index is 13.5. The molecule has 0 spiro atoms. The Bertz CT molecular complexity index is 1070. The lowest BCUT2D eigenvalue weighted by Crippen LogP contribution is -2.49. The number of anilines is 1. The number of rotatable bonds is 8. The van der Waals surface area contributed by atoms with E-state index in [1.165, 1.54) is 0 Å². The number of hydrogen-bond acceptors (Lipinski definition) is 5. The summed E-state index contributed by atoms with van der Waals surface area (Å²) < 4.78 is 1.67. The maximum Gasteiger partial charge on any atom is 0.270 e. The van der Waals surface area contributed by atoms with Crippen molar-refractivity contribution in [3.63, 3.8) is 0 Å². The minimum atomic E-state index is -0.638. The number of allylic oxidation sites excluding steroid dienone is 2. The Labute approximate surface area is 207 Å². The fraction of sp³-hybridized carbons (Fsp3) is 0.481. The summed E-state index contributed by atoms with van der Waals surface area (Å²) in [5.74, 6) is -0.431. The molecule has 0 radical (unpaired) electrons. The van der Waals surface area contributed by atoms with Crippen LogP contribution in [-0.4, -0.2) is 33.3 Å². The lowest BCUT2D eigenvalue weighted by atomic mass is 9.91. The maximum atomic E-state index is 13.5. The minimum absolute atomic E-state index is 0.0372. The molecule has 1 atom stereocenters. The highest BCUT2D eigenvalue weighted by atomic mass is 16.2. The number of carbonyl (C=O) groups is 2. The molecule has 188 valence electrons. The number of hydrogen-bond donors (Lipinski definition) is 4. The van der Waals surface area contributed by atoms with Crippen LogP contribution in [0.4, 0.5) is 5.69 Å². The van der Waals surface area contributed by atoms with E-state index < -0.39 is 6.04 Å². The van der Waals surface area contributed by atoms with Gasteiger partial charge in [0, 0.05) is 34.9 Å². The third-order valence-corrected chi connectivity index (χ3v) is 6.54. The molecule has 5 N–H and O–H groups in total. The molecule has 0 aliphatic heterocycles. The zero-order valence-corrected chi connectivity index (χ0v) is 21.2. The molecule has 1 aliphatic rings. The summed E-state index contributed by atoms with van der Waals surface area (Å²) in [6, 6.07) is 8.39. The van der Waals surface area contributed by atoms with Crippen LogP contribution in [0.1, 0.15) is 88.3 Å². The van der Waals surface area contributed by atoms with Crippen molar-refractivity contribution >= 4 is 28.8 Å². The van der Waals surface area contributed by atoms with Gasteiger partial charge in [-0.15, -0.1) is 0 Å². The van der Waals surface area contributed by atoms with Gasteiger partial charge in [-0.1, -0.05) is 37.8 Å². The molecule has 8 heteroatoms. The molecule has 35 heavy (non-hydrogen) atoms. The van der Waals surface area contributed by atoms with E-state index >= 15 is 0 Å². The van der Waals surface area contributed by atoms with Crippen LogP contribution < -0.4 is 16.4 Å². The number of amides is 2. The van der Waals surface area contributed by atoms with Crippen molar-refractivity contribution in [3.05, 3.63) is 53.5 Å². The van der Waals surface area contributed by atoms with Crippen molar-refractivity contribution in [1.29, 1.82) is 5.41 Å². The van der Waals surface area contributed by atoms with Crippen LogP contribution in [0.5, 0.6) is 0 Å². The molecule has 2 aromatic rings. The predicted octanol–water partition coefficient (Wildman–Crippen LogP) is 4.90. The quantitative estimate of drug-likeness (QED) is 0.318. The van der Waals surface area contributed by atoms with E-state index in [1.807, 2.05) is 26.0 Å². The van der Waals surface area contributed by atoms with Crippen LogP contribution in [0, 0.1) is 11.3 Å². The molecular formula is C27H38N6O2. The lowest BCUT2D eigenvalue weighted by Gasteiger charge is -2.26. The minimum Gasteiger partial charge on any atom is -0.402 e. The summed E-state index contributed by atoms with van der Waals surface area (Å²) >= 11 is 0. The second kappa shape index (κ2) is 11.8. The van der Waals surface area contributed by atoms with Gasteiger partial charge in [0.15, 0.2) is 0 Å². The summed E-state index contributed by atoms with van der Waals surface area (Å²) in [4.78, 5) is 26.7. The third-order valence-electron chi connectivity index (χ3n) is 6.54. The largest absolute Gasteiger partial charge is 0.402 e. The van der Waals surface area contributed by atoms with Gasteiger partial charge < -0.3 is 21.8 Å². The van der Waals surface area contributed by atoms with Gasteiger partial charge in [0.05, 0.1) is 0 Å². The van der Waals surface area contributed by atoms with Gasteiger partial charge >= 0.3 is 0 Å². The van der Waals surface area contributed by atoms with Crippen molar-refractivity contribution in [1.82, 2.24) is 15.1 Å². The Hall–Kier alpha value is -3.42. The predicted molar refractivity (Wildman–Crippen MR) is 140 cm³/mol. The summed E-state index contributed by atoms with van der Waals surface area (Å²) in [6.45, 7) is 7.41. The number of nitrogens with zero attached hydrogens (tertiary/aromatic N) is 2. The molecule has 1 aromatic heterocycles. The normalized spacial score (nSPS) is 16.3. The zero-order valence-electron chi connectivity index (χ0n) is 21.2. The van der Waals surface area contributed by atoms with E-state index in [4.69, 9.17) is 11.1 Å². The highest BCUT2D eigenvalue weighted by Crippen LogP contribution is 2.27. The van der Waals surface area contributed by atoms with Gasteiger partial charge in [-0.2, -0.15) is 5.10 Å². The van der Waals surface area contributed by atoms with Crippen molar-refractivity contribution in [2.24, 2.45) is 11.7 Å². The molecule has 1 aromatic carbocycles. The molecule has 1 saturated carbocycles. The van der Waals surface area contributed by atoms with Crippen LogP contribution in [-0.2, 0) is 4.79 Å². The number of benzene rings is 1. The molecule has 0 saturated heterocycles. The molecule has 1 heterocycles. The van der Waals surface area contributed by atoms with Gasteiger partial charge in [0.1, 0.15) is 11.7 Å².